The molecule has 2 aromatic rings. The third kappa shape index (κ3) is 9.72. The molecular formula is C25H37NO4. The van der Waals surface area contributed by atoms with Crippen LogP contribution in [0.25, 0.3) is 0 Å². The van der Waals surface area contributed by atoms with Crippen LogP contribution in [0.2, 0.25) is 0 Å². The summed E-state index contributed by atoms with van der Waals surface area (Å²) in [5.74, 6) is -0.943. The molecule has 0 aliphatic carbocycles. The maximum Gasteiger partial charge on any atom is 0.121 e. The summed E-state index contributed by atoms with van der Waals surface area (Å²) in [6.07, 6.45) is -10.5. The maximum absolute atomic E-state index is 10.7. The topological polar surface area (TPSA) is 82.0 Å². The first-order valence-corrected chi connectivity index (χ1v) is 9.46. The van der Waals surface area contributed by atoms with E-state index in [1.165, 1.54) is 0 Å². The average Bonchev–Trinajstić information content (AvgIpc) is 2.90. The van der Waals surface area contributed by atoms with E-state index in [2.05, 4.69) is 0 Å². The number of ether oxygens (including phenoxy) is 1. The van der Waals surface area contributed by atoms with Crippen molar-refractivity contribution in [1.29, 1.82) is 0 Å². The predicted molar refractivity (Wildman–Crippen MR) is 121 cm³/mol. The molecule has 166 valence electrons. The van der Waals surface area contributed by atoms with Crippen LogP contribution in [0.3, 0.4) is 0 Å². The Morgan fingerprint density at radius 1 is 1.03 bits per heavy atom. The zero-order chi connectivity index (χ0) is 34.8. The summed E-state index contributed by atoms with van der Waals surface area (Å²) >= 11 is 0. The molecule has 0 bridgehead atoms. The quantitative estimate of drug-likeness (QED) is 0.322. The second-order valence-electron chi connectivity index (χ2n) is 6.11. The van der Waals surface area contributed by atoms with Gasteiger partial charge in [0.25, 0.3) is 0 Å². The third-order valence-electron chi connectivity index (χ3n) is 3.84. The molecule has 0 heterocycles. The van der Waals surface area contributed by atoms with Crippen molar-refractivity contribution in [2.45, 2.75) is 57.6 Å². The van der Waals surface area contributed by atoms with Crippen molar-refractivity contribution in [1.82, 2.24) is 5.32 Å². The van der Waals surface area contributed by atoms with Crippen LogP contribution in [0, 0.1) is 0 Å². The van der Waals surface area contributed by atoms with Crippen LogP contribution in [-0.4, -0.2) is 41.4 Å². The summed E-state index contributed by atoms with van der Waals surface area (Å²) in [5.41, 5.74) is -0.582. The third-order valence-corrected chi connectivity index (χ3v) is 3.84. The van der Waals surface area contributed by atoms with Crippen molar-refractivity contribution in [3.8, 4) is 5.75 Å². The van der Waals surface area contributed by atoms with Crippen molar-refractivity contribution in [3.05, 3.63) is 65.1 Å². The van der Waals surface area contributed by atoms with Crippen LogP contribution in [0.1, 0.15) is 81.8 Å². The average molecular weight is 431 g/mol. The monoisotopic (exact) mass is 430 g/mol. The fraction of sp³-hybridized carbons (Fsp3) is 0.520. The molecule has 0 aliphatic rings. The summed E-state index contributed by atoms with van der Waals surface area (Å²) in [6, 6.07) is 6.24. The van der Waals surface area contributed by atoms with Gasteiger partial charge in [0.05, 0.1) is 22.3 Å². The fourth-order valence-corrected chi connectivity index (χ4v) is 2.30. The van der Waals surface area contributed by atoms with Crippen LogP contribution in [0.15, 0.2) is 48.5 Å². The van der Waals surface area contributed by atoms with Gasteiger partial charge in [0, 0.05) is 36.1 Å². The number of hydrogen-bond donors (Lipinski definition) is 4. The first-order valence-electron chi connectivity index (χ1n) is 17.0. The lowest BCUT2D eigenvalue weighted by Crippen LogP contribution is -2.22. The molecule has 1 unspecified atom stereocenters. The zero-order valence-electron chi connectivity index (χ0n) is 31.5. The molecule has 0 aromatic heterocycles. The number of benzene rings is 2. The summed E-state index contributed by atoms with van der Waals surface area (Å²) in [7, 11) is 0. The first kappa shape index (κ1) is 10.6. The predicted octanol–water partition coefficient (Wildman–Crippen LogP) is 4.11. The van der Waals surface area contributed by atoms with Crippen molar-refractivity contribution in [2.75, 3.05) is 26.1 Å². The number of phenols is 1. The molecule has 0 saturated carbocycles. The van der Waals surface area contributed by atoms with E-state index in [0.717, 1.165) is 5.56 Å². The summed E-state index contributed by atoms with van der Waals surface area (Å²) in [5, 5.41) is 31.7. The molecule has 5 nitrogen and oxygen atoms in total. The Morgan fingerprint density at radius 3 is 2.63 bits per heavy atom. The van der Waals surface area contributed by atoms with Gasteiger partial charge in [0.1, 0.15) is 5.75 Å². The van der Waals surface area contributed by atoms with Crippen LogP contribution >= 0.6 is 0 Å². The van der Waals surface area contributed by atoms with Gasteiger partial charge in [-0.1, -0.05) is 49.2 Å². The largest absolute Gasteiger partial charge is 0.508 e. The Hall–Kier alpha value is -1.92. The first-order chi connectivity index (χ1) is 20.3. The van der Waals surface area contributed by atoms with Gasteiger partial charge in [-0.15, -0.1) is 0 Å². The van der Waals surface area contributed by atoms with Crippen molar-refractivity contribution < 1.29 is 40.6 Å². The van der Waals surface area contributed by atoms with E-state index in [4.69, 9.17) is 25.3 Å². The molecule has 2 rings (SSSR count). The van der Waals surface area contributed by atoms with E-state index in [-0.39, 0.29) is 12.8 Å². The molecule has 0 saturated heterocycles. The van der Waals surface area contributed by atoms with E-state index in [9.17, 15) is 15.3 Å². The van der Waals surface area contributed by atoms with Crippen LogP contribution in [0.5, 0.6) is 5.75 Å². The molecule has 5 heteroatoms. The van der Waals surface area contributed by atoms with Crippen molar-refractivity contribution in [3.63, 3.8) is 0 Å². The van der Waals surface area contributed by atoms with E-state index in [1.807, 2.05) is 18.2 Å². The molecule has 0 amide bonds. The molecule has 0 fully saturated rings. The normalized spacial score (nSPS) is 22.4. The van der Waals surface area contributed by atoms with Gasteiger partial charge in [0.15, 0.2) is 0 Å². The Bertz CT molecular complexity index is 1310. The molecule has 2 aromatic carbocycles. The van der Waals surface area contributed by atoms with Crippen molar-refractivity contribution in [2.24, 2.45) is 0 Å². The summed E-state index contributed by atoms with van der Waals surface area (Å²) in [4.78, 5) is 0. The van der Waals surface area contributed by atoms with Crippen LogP contribution < -0.4 is 5.32 Å². The molecule has 0 aliphatic heterocycles. The minimum Gasteiger partial charge on any atom is -0.508 e. The number of aliphatic hydroxyl groups excluding tert-OH is 2. The van der Waals surface area contributed by atoms with Gasteiger partial charge in [-0.3, -0.25) is 0 Å². The highest BCUT2D eigenvalue weighted by Crippen LogP contribution is 2.22. The number of rotatable bonds is 16. The summed E-state index contributed by atoms with van der Waals surface area (Å²) < 4.78 is 126. The Morgan fingerprint density at radius 2 is 1.83 bits per heavy atom. The van der Waals surface area contributed by atoms with E-state index in [0.29, 0.717) is 6.42 Å². The number of nitrogens with one attached hydrogen (secondary N) is 1. The minimum absolute atomic E-state index is 0.246. The maximum atomic E-state index is 10.7. The smallest absolute Gasteiger partial charge is 0.121 e. The van der Waals surface area contributed by atoms with Gasteiger partial charge in [0.2, 0.25) is 0 Å². The Kier molecular flexibility index (Phi) is 5.29. The molecule has 30 heavy (non-hydrogen) atoms. The Balaban J connectivity index is 2.16. The number of aryl methyl sites for hydroxylation is 1. The number of hydrogen-bond acceptors (Lipinski definition) is 5. The number of aromatic hydroxyl groups is 1. The minimum atomic E-state index is -3.40. The summed E-state index contributed by atoms with van der Waals surface area (Å²) in [6.45, 7) is -13.7. The van der Waals surface area contributed by atoms with Gasteiger partial charge in [-0.25, -0.2) is 0 Å². The van der Waals surface area contributed by atoms with Gasteiger partial charge >= 0.3 is 0 Å². The second-order valence-corrected chi connectivity index (χ2v) is 6.11. The van der Waals surface area contributed by atoms with E-state index < -0.39 is 99.4 Å². The lowest BCUT2D eigenvalue weighted by molar-refractivity contribution is 0.126. The number of aliphatic hydroxyl groups is 2. The molecule has 1 atom stereocenters. The van der Waals surface area contributed by atoms with Crippen LogP contribution in [0.4, 0.5) is 0 Å². The van der Waals surface area contributed by atoms with Crippen LogP contribution in [-0.2, 0) is 17.8 Å². The molecule has 4 N–H and O–H groups in total. The lowest BCUT2D eigenvalue weighted by atomic mass is 10.1. The molecule has 0 radical (unpaired) electrons. The van der Waals surface area contributed by atoms with Gasteiger partial charge in [-0.2, -0.15) is 0 Å². The SMILES string of the molecule is [2H]c1c([2H])c(C(O)C([2H])([2H])NC([2H])([2H])C([2H])([2H])CCC([2H])([2H])C([2H])([2H])OC([2H])([2H])CCCc2ccccc2)c([2H])c(CO)c1O. The second kappa shape index (κ2) is 15.0. The standard InChI is InChI=1S/C25H37NO4/c27-20-23-18-22(13-14-24(23)28)25(29)19-26-15-7-1-2-8-16-30-17-9-6-12-21-10-4-3-5-11-21/h3-5,10-11,13-14,18,25-29H,1-2,6-9,12,15-17,19-20H2/i7D2,8D2,13D,14D,15D2,16D2,17D2,18D,19D2. The zero-order valence-corrected chi connectivity index (χ0v) is 16.5. The molecule has 0 spiro atoms. The highest BCUT2D eigenvalue weighted by Gasteiger charge is 2.09. The van der Waals surface area contributed by atoms with Gasteiger partial charge < -0.3 is 25.4 Å². The van der Waals surface area contributed by atoms with E-state index >= 15 is 0 Å². The highest BCUT2D eigenvalue weighted by atomic mass is 16.5. The lowest BCUT2D eigenvalue weighted by Gasteiger charge is -2.14. The molecular weight excluding hydrogens is 378 g/mol. The van der Waals surface area contributed by atoms with E-state index in [1.54, 1.807) is 17.4 Å². The van der Waals surface area contributed by atoms with Gasteiger partial charge in [-0.05, 0) is 61.7 Å². The van der Waals surface area contributed by atoms with Crippen molar-refractivity contribution >= 4 is 0 Å². The highest BCUT2D eigenvalue weighted by molar-refractivity contribution is 5.36. The fourth-order valence-electron chi connectivity index (χ4n) is 2.30. The Labute approximate surface area is 201 Å².